The lowest BCUT2D eigenvalue weighted by molar-refractivity contribution is -0.120. The molecule has 0 radical (unpaired) electrons. The lowest BCUT2D eigenvalue weighted by Gasteiger charge is -2.15. The first-order chi connectivity index (χ1) is 9.72. The number of fused-ring (bicyclic) bond motifs is 1. The molecule has 2 rings (SSSR count). The molecule has 0 fully saturated rings. The Kier molecular flexibility index (Phi) is 4.90. The van der Waals surface area contributed by atoms with Crippen LogP contribution in [0.2, 0.25) is 0 Å². The highest BCUT2D eigenvalue weighted by molar-refractivity contribution is 5.84. The van der Waals surface area contributed by atoms with Crippen molar-refractivity contribution >= 4 is 16.8 Å². The van der Waals surface area contributed by atoms with Crippen molar-refractivity contribution in [1.29, 1.82) is 0 Å². The fourth-order valence-corrected chi connectivity index (χ4v) is 2.08. The fourth-order valence-electron chi connectivity index (χ4n) is 2.08. The van der Waals surface area contributed by atoms with Crippen LogP contribution in [0.5, 0.6) is 5.75 Å². The zero-order valence-electron chi connectivity index (χ0n) is 11.5. The van der Waals surface area contributed by atoms with E-state index < -0.39 is 0 Å². The van der Waals surface area contributed by atoms with Crippen molar-refractivity contribution in [2.24, 2.45) is 5.73 Å². The highest BCUT2D eigenvalue weighted by Crippen LogP contribution is 2.23. The number of likely N-dealkylation sites (N-methyl/N-ethyl adjacent to an activating group) is 1. The molecule has 0 saturated heterocycles. The molecular weight excluding hydrogens is 254 g/mol. The van der Waals surface area contributed by atoms with Crippen molar-refractivity contribution in [3.63, 3.8) is 0 Å². The van der Waals surface area contributed by atoms with Gasteiger partial charge in [-0.25, -0.2) is 0 Å². The second-order valence-electron chi connectivity index (χ2n) is 4.48. The summed E-state index contributed by atoms with van der Waals surface area (Å²) < 4.78 is 5.76. The summed E-state index contributed by atoms with van der Waals surface area (Å²) in [5.74, 6) is 0.422. The third kappa shape index (κ3) is 3.45. The summed E-state index contributed by atoms with van der Waals surface area (Å²) in [6.45, 7) is 3.06. The number of benzene rings is 1. The summed E-state index contributed by atoms with van der Waals surface area (Å²) in [7, 11) is 0. The molecule has 1 amide bonds. The Morgan fingerprint density at radius 2 is 2.25 bits per heavy atom. The van der Waals surface area contributed by atoms with E-state index in [9.17, 15) is 4.79 Å². The molecule has 0 saturated carbocycles. The van der Waals surface area contributed by atoms with E-state index in [0.717, 1.165) is 16.7 Å². The maximum Gasteiger partial charge on any atom is 0.234 e. The molecule has 3 N–H and O–H groups in total. The van der Waals surface area contributed by atoms with E-state index in [1.807, 2.05) is 37.3 Å². The van der Waals surface area contributed by atoms with Gasteiger partial charge in [0, 0.05) is 18.0 Å². The van der Waals surface area contributed by atoms with E-state index in [1.54, 1.807) is 6.20 Å². The number of carbonyl (C=O) groups is 1. The molecule has 5 heteroatoms. The van der Waals surface area contributed by atoms with Gasteiger partial charge in [-0.1, -0.05) is 13.0 Å². The zero-order valence-corrected chi connectivity index (χ0v) is 11.5. The average Bonchev–Trinajstić information content (AvgIpc) is 2.46. The quantitative estimate of drug-likeness (QED) is 0.800. The number of ether oxygens (including phenoxy) is 1. The topological polar surface area (TPSA) is 77.2 Å². The normalized spacial score (nSPS) is 12.2. The summed E-state index contributed by atoms with van der Waals surface area (Å²) in [5, 5.41) is 4.01. The number of primary amides is 1. The first-order valence-electron chi connectivity index (χ1n) is 6.71. The predicted octanol–water partition coefficient (Wildman–Crippen LogP) is 1.47. The van der Waals surface area contributed by atoms with Gasteiger partial charge in [-0.3, -0.25) is 9.78 Å². The maximum absolute atomic E-state index is 11.2. The SMILES string of the molecule is CCNC(CCOc1cccc2ncccc12)C(N)=O. The molecule has 0 aliphatic carbocycles. The van der Waals surface area contributed by atoms with Crippen LogP contribution >= 0.6 is 0 Å². The van der Waals surface area contributed by atoms with Gasteiger partial charge in [-0.2, -0.15) is 0 Å². The van der Waals surface area contributed by atoms with Gasteiger partial charge in [0.05, 0.1) is 18.2 Å². The van der Waals surface area contributed by atoms with Crippen LogP contribution in [0.15, 0.2) is 36.5 Å². The van der Waals surface area contributed by atoms with Gasteiger partial charge in [0.1, 0.15) is 5.75 Å². The van der Waals surface area contributed by atoms with E-state index in [-0.39, 0.29) is 11.9 Å². The lowest BCUT2D eigenvalue weighted by atomic mass is 10.2. The Balaban J connectivity index is 2.01. The van der Waals surface area contributed by atoms with E-state index in [0.29, 0.717) is 19.6 Å². The molecule has 1 heterocycles. The third-order valence-corrected chi connectivity index (χ3v) is 3.06. The number of rotatable bonds is 7. The van der Waals surface area contributed by atoms with Crippen LogP contribution in [0, 0.1) is 0 Å². The molecule has 1 aromatic heterocycles. The van der Waals surface area contributed by atoms with Gasteiger partial charge in [-0.05, 0) is 30.8 Å². The van der Waals surface area contributed by atoms with Gasteiger partial charge < -0.3 is 15.8 Å². The van der Waals surface area contributed by atoms with E-state index in [4.69, 9.17) is 10.5 Å². The van der Waals surface area contributed by atoms with Crippen LogP contribution in [-0.2, 0) is 4.79 Å². The molecule has 20 heavy (non-hydrogen) atoms. The van der Waals surface area contributed by atoms with Crippen molar-refractivity contribution in [2.75, 3.05) is 13.2 Å². The highest BCUT2D eigenvalue weighted by Gasteiger charge is 2.13. The molecule has 0 bridgehead atoms. The van der Waals surface area contributed by atoms with E-state index in [2.05, 4.69) is 10.3 Å². The summed E-state index contributed by atoms with van der Waals surface area (Å²) in [5.41, 5.74) is 6.22. The Morgan fingerprint density at radius 1 is 1.40 bits per heavy atom. The van der Waals surface area contributed by atoms with Crippen LogP contribution in [0.1, 0.15) is 13.3 Å². The number of nitrogens with zero attached hydrogens (tertiary/aromatic N) is 1. The third-order valence-electron chi connectivity index (χ3n) is 3.06. The number of nitrogens with two attached hydrogens (primary N) is 1. The van der Waals surface area contributed by atoms with Gasteiger partial charge in [0.25, 0.3) is 0 Å². The number of hydrogen-bond acceptors (Lipinski definition) is 4. The Labute approximate surface area is 118 Å². The van der Waals surface area contributed by atoms with Gasteiger partial charge in [-0.15, -0.1) is 0 Å². The molecule has 5 nitrogen and oxygen atoms in total. The lowest BCUT2D eigenvalue weighted by Crippen LogP contribution is -2.42. The molecule has 0 aliphatic rings. The van der Waals surface area contributed by atoms with Gasteiger partial charge in [0.15, 0.2) is 0 Å². The summed E-state index contributed by atoms with van der Waals surface area (Å²) in [6.07, 6.45) is 2.29. The summed E-state index contributed by atoms with van der Waals surface area (Å²) in [4.78, 5) is 15.5. The second kappa shape index (κ2) is 6.86. The van der Waals surface area contributed by atoms with Gasteiger partial charge in [0.2, 0.25) is 5.91 Å². The van der Waals surface area contributed by atoms with Crippen LogP contribution in [0.4, 0.5) is 0 Å². The van der Waals surface area contributed by atoms with Crippen LogP contribution in [0.3, 0.4) is 0 Å². The minimum absolute atomic E-state index is 0.352. The smallest absolute Gasteiger partial charge is 0.234 e. The minimum Gasteiger partial charge on any atom is -0.493 e. The van der Waals surface area contributed by atoms with Crippen molar-refractivity contribution in [3.05, 3.63) is 36.5 Å². The largest absolute Gasteiger partial charge is 0.493 e. The number of aromatic nitrogens is 1. The number of carbonyl (C=O) groups excluding carboxylic acids is 1. The second-order valence-corrected chi connectivity index (χ2v) is 4.48. The van der Waals surface area contributed by atoms with Crippen LogP contribution in [0.25, 0.3) is 10.9 Å². The molecule has 1 aromatic carbocycles. The van der Waals surface area contributed by atoms with Crippen LogP contribution in [-0.4, -0.2) is 30.1 Å². The predicted molar refractivity (Wildman–Crippen MR) is 78.5 cm³/mol. The molecule has 0 spiro atoms. The molecule has 2 aromatic rings. The number of hydrogen-bond donors (Lipinski definition) is 2. The number of nitrogens with one attached hydrogen (secondary N) is 1. The van der Waals surface area contributed by atoms with Crippen molar-refractivity contribution in [3.8, 4) is 5.75 Å². The molecule has 1 atom stereocenters. The van der Waals surface area contributed by atoms with Crippen molar-refractivity contribution in [1.82, 2.24) is 10.3 Å². The Morgan fingerprint density at radius 3 is 3.00 bits per heavy atom. The number of amides is 1. The average molecular weight is 273 g/mol. The Hall–Kier alpha value is -2.14. The standard InChI is InChI=1S/C15H19N3O2/c1-2-17-13(15(16)19)8-10-20-14-7-3-6-12-11(14)5-4-9-18-12/h3-7,9,13,17H,2,8,10H2,1H3,(H2,16,19). The monoisotopic (exact) mass is 273 g/mol. The van der Waals surface area contributed by atoms with Crippen molar-refractivity contribution < 1.29 is 9.53 Å². The van der Waals surface area contributed by atoms with Gasteiger partial charge >= 0.3 is 0 Å². The number of pyridine rings is 1. The molecule has 106 valence electrons. The van der Waals surface area contributed by atoms with Crippen molar-refractivity contribution in [2.45, 2.75) is 19.4 Å². The maximum atomic E-state index is 11.2. The zero-order chi connectivity index (χ0) is 14.4. The first kappa shape index (κ1) is 14.3. The highest BCUT2D eigenvalue weighted by atomic mass is 16.5. The van der Waals surface area contributed by atoms with E-state index >= 15 is 0 Å². The Bertz CT molecular complexity index is 581. The molecule has 0 aliphatic heterocycles. The molecular formula is C15H19N3O2. The first-order valence-corrected chi connectivity index (χ1v) is 6.71. The van der Waals surface area contributed by atoms with Crippen LogP contribution < -0.4 is 15.8 Å². The fraction of sp³-hybridized carbons (Fsp3) is 0.333. The molecule has 1 unspecified atom stereocenters. The summed E-state index contributed by atoms with van der Waals surface area (Å²) >= 11 is 0. The van der Waals surface area contributed by atoms with E-state index in [1.165, 1.54) is 0 Å². The minimum atomic E-state index is -0.354. The summed E-state index contributed by atoms with van der Waals surface area (Å²) in [6, 6.07) is 9.23.